The average Bonchev–Trinajstić information content (AvgIpc) is 4.33. The van der Waals surface area contributed by atoms with Crippen molar-refractivity contribution in [2.24, 2.45) is 16.0 Å². The standard InChI is InChI=1S/C25H33F2N7O4S.C23H27F3N6O.C2H7NO3S/c1-17-16-20(31-23(28-17)34-12-8-25(26,27)9-13-34)30-22(36)18-2-3-19(32-39(37,38)15-14-35)29-21(18)33-10-6-24(4-5-24)7-11-33;1-15-14-18(30-21(27-15)32-12-8-23(25,26)9-13-32)29-20(33)16-2-3-17(24)28-19(16)31-10-6-22(4-5-22)7-11-31;3-7(5,6)2-1-4/h2-3,16,35H,4-15H2,1H3,(H,29,32)(H,28,30,31,36);2-3,14H,4-13H2,1H3,(H,27,29,30,33);4H,1-2H2,(H2,3,5,6). The van der Waals surface area contributed by atoms with Crippen molar-refractivity contribution < 1.29 is 58.6 Å². The molecule has 0 atom stereocenters. The molecule has 2 spiro atoms. The number of amides is 2. The summed E-state index contributed by atoms with van der Waals surface area (Å²) in [6, 6.07) is 8.75. The fourth-order valence-electron chi connectivity index (χ4n) is 9.92. The zero-order valence-corrected chi connectivity index (χ0v) is 45.7. The Kier molecular flexibility index (Phi) is 17.8. The van der Waals surface area contributed by atoms with Crippen molar-refractivity contribution in [3.63, 3.8) is 0 Å². The van der Waals surface area contributed by atoms with Crippen molar-refractivity contribution in [2.75, 3.05) is 112 Å². The van der Waals surface area contributed by atoms with Crippen LogP contribution in [0.15, 0.2) is 36.4 Å². The summed E-state index contributed by atoms with van der Waals surface area (Å²) in [6.07, 6.45) is 7.80. The molecule has 2 amide bonds. The Hall–Kier alpha value is -6.17. The first-order chi connectivity index (χ1) is 37.2. The van der Waals surface area contributed by atoms with Crippen LogP contribution in [0.25, 0.3) is 0 Å². The van der Waals surface area contributed by atoms with Crippen molar-refractivity contribution in [3.05, 3.63) is 64.9 Å². The Bertz CT molecular complexity index is 3060. The number of primary sulfonamides is 1. The highest BCUT2D eigenvalue weighted by Crippen LogP contribution is 2.55. The second-order valence-electron chi connectivity index (χ2n) is 21.3. The lowest BCUT2D eigenvalue weighted by molar-refractivity contribution is -0.0229. The van der Waals surface area contributed by atoms with E-state index in [0.29, 0.717) is 52.9 Å². The summed E-state index contributed by atoms with van der Waals surface area (Å²) >= 11 is 0. The van der Waals surface area contributed by atoms with Gasteiger partial charge in [-0.1, -0.05) is 0 Å². The number of nitrogens with zero attached hydrogens (tertiary/aromatic N) is 10. The maximum atomic E-state index is 14.0. The van der Waals surface area contributed by atoms with Gasteiger partial charge >= 0.3 is 0 Å². The molecule has 2 aliphatic carbocycles. The number of anilines is 7. The smallest absolute Gasteiger partial charge is 0.260 e. The SMILES string of the molecule is Cc1cc(NC(=O)c2ccc(F)nc2N2CCC3(CC2)CC3)nc(N2CCC(F)(F)CC2)n1.Cc1cc(NC(=O)c2ccc(NS(=O)(=O)CCO)nc2N2CCC3(CC2)CC3)nc(N2CCC(F)(F)CC2)n1.NS(=O)(=O)CCO. The highest BCUT2D eigenvalue weighted by Gasteiger charge is 2.46. The topological polar surface area (TPSA) is 295 Å². The van der Waals surface area contributed by atoms with E-state index in [-0.39, 0.29) is 92.1 Å². The van der Waals surface area contributed by atoms with Gasteiger partial charge in [-0.2, -0.15) is 14.4 Å². The Morgan fingerprint density at radius 1 is 0.544 bits per heavy atom. The van der Waals surface area contributed by atoms with E-state index >= 15 is 0 Å². The number of alkyl halides is 4. The molecule has 6 aliphatic rings. The van der Waals surface area contributed by atoms with Crippen LogP contribution < -0.4 is 40.1 Å². The summed E-state index contributed by atoms with van der Waals surface area (Å²) in [6.45, 7) is 5.94. The highest BCUT2D eigenvalue weighted by molar-refractivity contribution is 7.92. The van der Waals surface area contributed by atoms with E-state index in [1.165, 1.54) is 49.9 Å². The summed E-state index contributed by atoms with van der Waals surface area (Å²) in [5, 5.41) is 27.0. The first-order valence-electron chi connectivity index (χ1n) is 26.2. The van der Waals surface area contributed by atoms with E-state index in [9.17, 15) is 48.4 Å². The van der Waals surface area contributed by atoms with Crippen molar-refractivity contribution >= 4 is 72.8 Å². The molecule has 2 saturated carbocycles. The number of nitrogens with one attached hydrogen (secondary N) is 3. The van der Waals surface area contributed by atoms with Crippen LogP contribution in [0.5, 0.6) is 0 Å². The number of aryl methyl sites for hydroxylation is 2. The summed E-state index contributed by atoms with van der Waals surface area (Å²) in [5.74, 6) is -5.91. The van der Waals surface area contributed by atoms with E-state index in [1.807, 2.05) is 9.80 Å². The van der Waals surface area contributed by atoms with Gasteiger partial charge in [0.15, 0.2) is 0 Å². The molecule has 4 aromatic rings. The van der Waals surface area contributed by atoms with Gasteiger partial charge in [0.05, 0.1) is 35.8 Å². The lowest BCUT2D eigenvalue weighted by Crippen LogP contribution is -2.40. The first kappa shape index (κ1) is 59.0. The van der Waals surface area contributed by atoms with Crippen molar-refractivity contribution in [1.29, 1.82) is 0 Å². The number of piperidine rings is 4. The zero-order valence-electron chi connectivity index (χ0n) is 44.0. The molecule has 6 fully saturated rings. The predicted octanol–water partition coefficient (Wildman–Crippen LogP) is 5.24. The van der Waals surface area contributed by atoms with Crippen LogP contribution in [0.3, 0.4) is 0 Å². The Balaban J connectivity index is 0.000000188. The minimum atomic E-state index is -3.80. The van der Waals surface area contributed by atoms with Gasteiger partial charge in [-0.05, 0) is 100 Å². The number of carbonyl (C=O) groups is 2. The number of aliphatic hydroxyl groups is 2. The lowest BCUT2D eigenvalue weighted by Gasteiger charge is -2.34. The molecular weight excluding hydrogens is 1080 g/mol. The number of aromatic nitrogens is 6. The minimum Gasteiger partial charge on any atom is -0.395 e. The molecule has 29 heteroatoms. The van der Waals surface area contributed by atoms with Crippen molar-refractivity contribution in [3.8, 4) is 0 Å². The van der Waals surface area contributed by atoms with Gasteiger partial charge in [-0.25, -0.2) is 59.5 Å². The Morgan fingerprint density at radius 3 is 1.32 bits per heavy atom. The molecule has 8 heterocycles. The number of rotatable bonds is 14. The van der Waals surface area contributed by atoms with Crippen LogP contribution in [-0.4, -0.2) is 158 Å². The molecule has 7 N–H and O–H groups in total. The molecule has 0 radical (unpaired) electrons. The molecule has 79 heavy (non-hydrogen) atoms. The third-order valence-corrected chi connectivity index (χ3v) is 17.1. The third-order valence-electron chi connectivity index (χ3n) is 15.1. The maximum absolute atomic E-state index is 14.0. The van der Waals surface area contributed by atoms with Crippen LogP contribution in [0.4, 0.5) is 62.9 Å². The van der Waals surface area contributed by atoms with E-state index in [0.717, 1.165) is 38.8 Å². The maximum Gasteiger partial charge on any atom is 0.260 e. The number of nitrogens with two attached hydrogens (primary N) is 1. The average molecular weight is 1150 g/mol. The van der Waals surface area contributed by atoms with E-state index in [2.05, 4.69) is 50.4 Å². The minimum absolute atomic E-state index is 0.0591. The van der Waals surface area contributed by atoms with Crippen LogP contribution in [0.1, 0.15) is 109 Å². The molecule has 4 saturated heterocycles. The molecule has 0 aromatic carbocycles. The largest absolute Gasteiger partial charge is 0.395 e. The number of pyridine rings is 2. The number of hydrogen-bond donors (Lipinski definition) is 6. The number of aliphatic hydroxyl groups excluding tert-OH is 2. The van der Waals surface area contributed by atoms with Crippen LogP contribution in [-0.2, 0) is 20.0 Å². The monoisotopic (exact) mass is 1150 g/mol. The predicted molar refractivity (Wildman–Crippen MR) is 286 cm³/mol. The van der Waals surface area contributed by atoms with Gasteiger partial charge in [-0.15, -0.1) is 0 Å². The molecule has 432 valence electrons. The van der Waals surface area contributed by atoms with Gasteiger partial charge < -0.3 is 40.4 Å². The zero-order chi connectivity index (χ0) is 57.0. The number of sulfonamides is 2. The molecule has 22 nitrogen and oxygen atoms in total. The van der Waals surface area contributed by atoms with E-state index < -0.39 is 68.6 Å². The fraction of sp³-hybridized carbons (Fsp3) is 0.600. The second kappa shape index (κ2) is 23.9. The number of carbonyl (C=O) groups excluding carboxylic acids is 2. The molecule has 10 rings (SSSR count). The highest BCUT2D eigenvalue weighted by atomic mass is 32.2. The van der Waals surface area contributed by atoms with Crippen LogP contribution in [0.2, 0.25) is 0 Å². The van der Waals surface area contributed by atoms with Crippen molar-refractivity contribution in [2.45, 2.75) is 103 Å². The summed E-state index contributed by atoms with van der Waals surface area (Å²) in [4.78, 5) is 60.0. The number of halogens is 5. The van der Waals surface area contributed by atoms with Gasteiger partial charge in [0.25, 0.3) is 23.7 Å². The molecular formula is C50H67F5N14O8S2. The first-order valence-corrected chi connectivity index (χ1v) is 29.6. The Morgan fingerprint density at radius 2 is 0.937 bits per heavy atom. The summed E-state index contributed by atoms with van der Waals surface area (Å²) in [5.41, 5.74) is 2.54. The normalized spacial score (nSPS) is 19.8. The van der Waals surface area contributed by atoms with E-state index in [1.54, 1.807) is 35.8 Å². The summed E-state index contributed by atoms with van der Waals surface area (Å²) < 4.78 is 115. The lowest BCUT2D eigenvalue weighted by atomic mass is 9.93. The van der Waals surface area contributed by atoms with Gasteiger partial charge in [0.2, 0.25) is 37.9 Å². The third kappa shape index (κ3) is 16.2. The molecule has 4 aliphatic heterocycles. The van der Waals surface area contributed by atoms with Gasteiger partial charge in [0, 0.05) is 102 Å². The van der Waals surface area contributed by atoms with Crippen LogP contribution >= 0.6 is 0 Å². The second-order valence-corrected chi connectivity index (χ2v) is 24.8. The van der Waals surface area contributed by atoms with Gasteiger partial charge in [0.1, 0.15) is 29.1 Å². The molecule has 0 unspecified atom stereocenters. The summed E-state index contributed by atoms with van der Waals surface area (Å²) in [7, 11) is -7.22. The Labute approximate surface area is 455 Å². The quantitative estimate of drug-likeness (QED) is 0.0695. The van der Waals surface area contributed by atoms with E-state index in [4.69, 9.17) is 10.2 Å². The number of hydrogen-bond acceptors (Lipinski definition) is 18. The van der Waals surface area contributed by atoms with Crippen molar-refractivity contribution in [1.82, 2.24) is 29.9 Å². The fourth-order valence-corrected chi connectivity index (χ4v) is 10.9. The van der Waals surface area contributed by atoms with Crippen LogP contribution in [0, 0.1) is 30.6 Å². The van der Waals surface area contributed by atoms with Gasteiger partial charge in [-0.3, -0.25) is 14.3 Å². The molecule has 4 aromatic heterocycles. The molecule has 0 bridgehead atoms.